The minimum atomic E-state index is 0. The van der Waals surface area contributed by atoms with E-state index in [2.05, 4.69) is 60.4 Å². The summed E-state index contributed by atoms with van der Waals surface area (Å²) in [5, 5.41) is 0. The molecular formula is C22H28Cl2N2. The predicted molar refractivity (Wildman–Crippen MR) is 116 cm³/mol. The van der Waals surface area contributed by atoms with E-state index in [1.165, 1.54) is 60.3 Å². The van der Waals surface area contributed by atoms with Gasteiger partial charge in [-0.15, -0.1) is 24.8 Å². The van der Waals surface area contributed by atoms with Crippen LogP contribution >= 0.6 is 24.8 Å². The Bertz CT molecular complexity index is 737. The lowest BCUT2D eigenvalue weighted by Crippen LogP contribution is -2.38. The van der Waals surface area contributed by atoms with Crippen molar-refractivity contribution in [3.8, 4) is 0 Å². The van der Waals surface area contributed by atoms with Gasteiger partial charge in [-0.2, -0.15) is 0 Å². The first kappa shape index (κ1) is 21.0. The summed E-state index contributed by atoms with van der Waals surface area (Å²) in [4.78, 5) is 7.81. The summed E-state index contributed by atoms with van der Waals surface area (Å²) >= 11 is 0. The maximum absolute atomic E-state index is 5.20. The summed E-state index contributed by atoms with van der Waals surface area (Å²) in [6.07, 6.45) is 5.15. The number of benzene rings is 2. The van der Waals surface area contributed by atoms with Crippen molar-refractivity contribution in [1.82, 2.24) is 4.90 Å². The molecule has 2 aromatic carbocycles. The van der Waals surface area contributed by atoms with Crippen LogP contribution < -0.4 is 0 Å². The molecule has 0 bridgehead atoms. The summed E-state index contributed by atoms with van der Waals surface area (Å²) < 4.78 is 0. The number of halogens is 2. The molecule has 4 heteroatoms. The van der Waals surface area contributed by atoms with Crippen molar-refractivity contribution in [2.45, 2.75) is 38.6 Å². The second kappa shape index (κ2) is 9.55. The Morgan fingerprint density at radius 2 is 1.69 bits per heavy atom. The molecule has 2 nitrogen and oxygen atoms in total. The molecule has 0 aliphatic carbocycles. The Hall–Kier alpha value is -1.35. The lowest BCUT2D eigenvalue weighted by molar-refractivity contribution is 0.215. The van der Waals surface area contributed by atoms with Crippen molar-refractivity contribution in [2.75, 3.05) is 19.6 Å². The highest BCUT2D eigenvalue weighted by atomic mass is 35.5. The number of aryl methyl sites for hydroxylation is 1. The maximum Gasteiger partial charge on any atom is 0.0725 e. The van der Waals surface area contributed by atoms with Crippen LogP contribution in [0.4, 0.5) is 0 Å². The fourth-order valence-corrected chi connectivity index (χ4v) is 4.01. The minimum absolute atomic E-state index is 0. The average molecular weight is 391 g/mol. The first-order valence-corrected chi connectivity index (χ1v) is 9.25. The Morgan fingerprint density at radius 3 is 2.42 bits per heavy atom. The van der Waals surface area contributed by atoms with Gasteiger partial charge >= 0.3 is 0 Å². The zero-order valence-electron chi connectivity index (χ0n) is 15.4. The molecule has 0 amide bonds. The van der Waals surface area contributed by atoms with E-state index in [0.29, 0.717) is 6.04 Å². The fourth-order valence-electron chi connectivity index (χ4n) is 4.01. The number of hydrogen-bond acceptors (Lipinski definition) is 2. The monoisotopic (exact) mass is 390 g/mol. The van der Waals surface area contributed by atoms with Gasteiger partial charge in [0.25, 0.3) is 0 Å². The minimum Gasteiger partial charge on any atom is -0.301 e. The van der Waals surface area contributed by atoms with Crippen LogP contribution in [0.5, 0.6) is 0 Å². The highest BCUT2D eigenvalue weighted by Crippen LogP contribution is 2.25. The van der Waals surface area contributed by atoms with Crippen LogP contribution in [0.1, 0.15) is 41.5 Å². The average Bonchev–Trinajstić information content (AvgIpc) is 2.63. The van der Waals surface area contributed by atoms with Crippen LogP contribution in [0.25, 0.3) is 0 Å². The summed E-state index contributed by atoms with van der Waals surface area (Å²) in [6.45, 7) is 5.76. The van der Waals surface area contributed by atoms with Gasteiger partial charge in [0.15, 0.2) is 0 Å². The molecule has 2 aromatic rings. The fraction of sp³-hybridized carbons (Fsp3) is 0.409. The highest BCUT2D eigenvalue weighted by molar-refractivity contribution is 6.14. The quantitative estimate of drug-likeness (QED) is 0.712. The standard InChI is InChI=1S/C22H26N2.2ClH/c1-17-10-11-19-15-20(16-24-12-6-3-7-13-24)23-22(21(19)14-17)18-8-4-2-5-9-18;;/h2,4-5,8-11,14,20H,3,6-7,12-13,15-16H2,1H3;2*1H. The van der Waals surface area contributed by atoms with Gasteiger partial charge in [-0.1, -0.05) is 54.4 Å². The molecule has 1 fully saturated rings. The Kier molecular flexibility index (Phi) is 7.69. The van der Waals surface area contributed by atoms with Gasteiger partial charge in [0.2, 0.25) is 0 Å². The number of rotatable bonds is 3. The van der Waals surface area contributed by atoms with Crippen molar-refractivity contribution >= 4 is 30.5 Å². The Labute approximate surface area is 169 Å². The molecule has 1 saturated heterocycles. The molecule has 2 heterocycles. The third-order valence-electron chi connectivity index (χ3n) is 5.25. The van der Waals surface area contributed by atoms with Crippen molar-refractivity contribution in [3.05, 3.63) is 70.8 Å². The van der Waals surface area contributed by atoms with Crippen molar-refractivity contribution in [2.24, 2.45) is 4.99 Å². The van der Waals surface area contributed by atoms with Crippen LogP contribution in [0.3, 0.4) is 0 Å². The predicted octanol–water partition coefficient (Wildman–Crippen LogP) is 5.09. The van der Waals surface area contributed by atoms with Crippen LogP contribution in [-0.2, 0) is 6.42 Å². The smallest absolute Gasteiger partial charge is 0.0725 e. The highest BCUT2D eigenvalue weighted by Gasteiger charge is 2.24. The molecule has 0 N–H and O–H groups in total. The molecule has 2 aliphatic rings. The molecule has 26 heavy (non-hydrogen) atoms. The van der Waals surface area contributed by atoms with E-state index in [9.17, 15) is 0 Å². The molecule has 0 radical (unpaired) electrons. The van der Waals surface area contributed by atoms with E-state index < -0.39 is 0 Å². The third kappa shape index (κ3) is 4.68. The summed E-state index contributed by atoms with van der Waals surface area (Å²) in [6, 6.07) is 17.9. The third-order valence-corrected chi connectivity index (χ3v) is 5.25. The summed E-state index contributed by atoms with van der Waals surface area (Å²) in [5.41, 5.74) is 6.52. The number of piperidine rings is 1. The van der Waals surface area contributed by atoms with E-state index in [0.717, 1.165) is 13.0 Å². The van der Waals surface area contributed by atoms with Crippen LogP contribution in [0.15, 0.2) is 53.5 Å². The largest absolute Gasteiger partial charge is 0.301 e. The zero-order valence-corrected chi connectivity index (χ0v) is 17.0. The van der Waals surface area contributed by atoms with Gasteiger partial charge in [0, 0.05) is 17.7 Å². The van der Waals surface area contributed by atoms with Gasteiger partial charge in [0.05, 0.1) is 11.8 Å². The van der Waals surface area contributed by atoms with Crippen LogP contribution in [0, 0.1) is 6.92 Å². The number of likely N-dealkylation sites (tertiary alicyclic amines) is 1. The maximum atomic E-state index is 5.20. The van der Waals surface area contributed by atoms with E-state index in [4.69, 9.17) is 4.99 Å². The van der Waals surface area contributed by atoms with Crippen LogP contribution in [-0.4, -0.2) is 36.3 Å². The SMILES string of the molecule is Cc1ccc2c(c1)C(c1ccccc1)=NC(CN1CCCCC1)C2.Cl.Cl. The number of aliphatic imine (C=N–C) groups is 1. The lowest BCUT2D eigenvalue weighted by Gasteiger charge is -2.31. The second-order valence-corrected chi connectivity index (χ2v) is 7.22. The lowest BCUT2D eigenvalue weighted by atomic mass is 9.89. The number of nitrogens with zero attached hydrogens (tertiary/aromatic N) is 2. The molecule has 4 rings (SSSR count). The number of fused-ring (bicyclic) bond motifs is 1. The van der Waals surface area contributed by atoms with Gasteiger partial charge in [-0.05, 0) is 50.9 Å². The molecule has 1 atom stereocenters. The summed E-state index contributed by atoms with van der Waals surface area (Å²) in [7, 11) is 0. The van der Waals surface area contributed by atoms with E-state index in [1.807, 2.05) is 0 Å². The van der Waals surface area contributed by atoms with Gasteiger partial charge in [0.1, 0.15) is 0 Å². The normalized spacial score (nSPS) is 19.6. The van der Waals surface area contributed by atoms with Gasteiger partial charge in [-0.3, -0.25) is 4.99 Å². The van der Waals surface area contributed by atoms with E-state index in [1.54, 1.807) is 0 Å². The van der Waals surface area contributed by atoms with Crippen molar-refractivity contribution in [3.63, 3.8) is 0 Å². The van der Waals surface area contributed by atoms with Crippen LogP contribution in [0.2, 0.25) is 0 Å². The number of hydrogen-bond donors (Lipinski definition) is 0. The molecule has 140 valence electrons. The molecule has 1 unspecified atom stereocenters. The Balaban J connectivity index is 0.00000121. The Morgan fingerprint density at radius 1 is 0.962 bits per heavy atom. The topological polar surface area (TPSA) is 15.6 Å². The van der Waals surface area contributed by atoms with Gasteiger partial charge in [-0.25, -0.2) is 0 Å². The van der Waals surface area contributed by atoms with Gasteiger partial charge < -0.3 is 4.90 Å². The molecule has 0 saturated carbocycles. The van der Waals surface area contributed by atoms with Crippen molar-refractivity contribution in [1.29, 1.82) is 0 Å². The second-order valence-electron chi connectivity index (χ2n) is 7.22. The zero-order chi connectivity index (χ0) is 16.4. The van der Waals surface area contributed by atoms with E-state index >= 15 is 0 Å². The molecule has 2 aliphatic heterocycles. The summed E-state index contributed by atoms with van der Waals surface area (Å²) in [5.74, 6) is 0. The van der Waals surface area contributed by atoms with E-state index in [-0.39, 0.29) is 24.8 Å². The first-order valence-electron chi connectivity index (χ1n) is 9.25. The molecule has 0 aromatic heterocycles. The first-order chi connectivity index (χ1) is 11.8. The van der Waals surface area contributed by atoms with Crippen molar-refractivity contribution < 1.29 is 0 Å². The molecular weight excluding hydrogens is 363 g/mol. The molecule has 0 spiro atoms.